The van der Waals surface area contributed by atoms with Crippen LogP contribution in [0, 0.1) is 0 Å². The number of carbonyl (C=O) groups is 2. The number of nitrogens with one attached hydrogen (secondary N) is 2. The Morgan fingerprint density at radius 2 is 1.45 bits per heavy atom. The minimum atomic E-state index is -3.58. The maximum absolute atomic E-state index is 14.0. The van der Waals surface area contributed by atoms with Crippen LogP contribution in [-0.2, 0) is 39.1 Å². The zero-order chi connectivity index (χ0) is 31.5. The summed E-state index contributed by atoms with van der Waals surface area (Å²) in [4.78, 5) is 29.6. The van der Waals surface area contributed by atoms with Crippen LogP contribution >= 0.6 is 11.6 Å². The predicted molar refractivity (Wildman–Crippen MR) is 172 cm³/mol. The van der Waals surface area contributed by atoms with Crippen LogP contribution in [0.25, 0.3) is 0 Å². The van der Waals surface area contributed by atoms with Crippen LogP contribution in [0.3, 0.4) is 0 Å². The predicted octanol–water partition coefficient (Wildman–Crippen LogP) is 5.67. The third kappa shape index (κ3) is 8.92. The topological polar surface area (TPSA) is 105 Å². The van der Waals surface area contributed by atoms with Gasteiger partial charge in [-0.2, -0.15) is 0 Å². The number of nitrogens with zero attached hydrogens (tertiary/aromatic N) is 1. The molecule has 0 aliphatic rings. The van der Waals surface area contributed by atoms with Gasteiger partial charge in [-0.05, 0) is 65.1 Å². The number of halogens is 1. The summed E-state index contributed by atoms with van der Waals surface area (Å²) in [5, 5.41) is 3.58. The lowest BCUT2D eigenvalue weighted by molar-refractivity contribution is -0.141. The first-order chi connectivity index (χ1) is 21.2. The summed E-state index contributed by atoms with van der Waals surface area (Å²) >= 11 is 6.12. The Bertz CT molecular complexity index is 1630. The summed E-state index contributed by atoms with van der Waals surface area (Å²) in [5.74, 6) is 0.181. The maximum Gasteiger partial charge on any atom is 0.247 e. The fraction of sp³-hybridized carbons (Fsp3) is 0.235. The lowest BCUT2D eigenvalue weighted by atomic mass is 10.0. The van der Waals surface area contributed by atoms with E-state index in [1.54, 1.807) is 43.2 Å². The number of hydrogen-bond donors (Lipinski definition) is 2. The van der Waals surface area contributed by atoms with E-state index in [-0.39, 0.29) is 42.8 Å². The minimum Gasteiger partial charge on any atom is -0.497 e. The molecule has 10 heteroatoms. The van der Waals surface area contributed by atoms with Gasteiger partial charge in [0, 0.05) is 31.1 Å². The molecule has 4 aromatic carbocycles. The Morgan fingerprint density at radius 1 is 0.841 bits per heavy atom. The zero-order valence-electron chi connectivity index (χ0n) is 24.7. The molecule has 0 aliphatic carbocycles. The molecule has 8 nitrogen and oxygen atoms in total. The van der Waals surface area contributed by atoms with Crippen LogP contribution in [0.4, 0.5) is 0 Å². The van der Waals surface area contributed by atoms with Crippen molar-refractivity contribution in [1.82, 2.24) is 14.9 Å². The lowest BCUT2D eigenvalue weighted by Gasteiger charge is -2.32. The molecule has 0 radical (unpaired) electrons. The summed E-state index contributed by atoms with van der Waals surface area (Å²) in [6, 6.07) is 29.4. The van der Waals surface area contributed by atoms with E-state index < -0.39 is 16.1 Å². The monoisotopic (exact) mass is 633 g/mol. The smallest absolute Gasteiger partial charge is 0.247 e. The highest BCUT2D eigenvalue weighted by Crippen LogP contribution is 2.26. The number of aryl methyl sites for hydroxylation is 1. The quantitative estimate of drug-likeness (QED) is 0.186. The van der Waals surface area contributed by atoms with Crippen molar-refractivity contribution in [3.8, 4) is 5.75 Å². The third-order valence-electron chi connectivity index (χ3n) is 7.08. The molecule has 0 aliphatic heterocycles. The van der Waals surface area contributed by atoms with E-state index in [2.05, 4.69) is 10.0 Å². The average Bonchev–Trinajstić information content (AvgIpc) is 3.04. The van der Waals surface area contributed by atoms with E-state index in [0.717, 1.165) is 22.4 Å². The molecule has 0 aromatic heterocycles. The molecule has 0 spiro atoms. The second kappa shape index (κ2) is 15.5. The molecule has 2 N–H and O–H groups in total. The highest BCUT2D eigenvalue weighted by molar-refractivity contribution is 7.89. The zero-order valence-corrected chi connectivity index (χ0v) is 26.3. The molecule has 4 rings (SSSR count). The molecule has 44 heavy (non-hydrogen) atoms. The molecule has 0 unspecified atom stereocenters. The van der Waals surface area contributed by atoms with Crippen molar-refractivity contribution in [2.75, 3.05) is 13.7 Å². The Kier molecular flexibility index (Phi) is 11.5. The van der Waals surface area contributed by atoms with Crippen molar-refractivity contribution in [2.45, 2.75) is 43.8 Å². The van der Waals surface area contributed by atoms with Crippen LogP contribution in [-0.4, -0.2) is 38.8 Å². The van der Waals surface area contributed by atoms with Gasteiger partial charge < -0.3 is 15.0 Å². The highest BCUT2D eigenvalue weighted by atomic mass is 35.5. The number of methoxy groups -OCH3 is 1. The number of carbonyl (C=O) groups excluding carboxylic acids is 2. The molecule has 2 amide bonds. The van der Waals surface area contributed by atoms with Crippen molar-refractivity contribution < 1.29 is 22.7 Å². The van der Waals surface area contributed by atoms with Gasteiger partial charge in [0.15, 0.2) is 0 Å². The first-order valence-electron chi connectivity index (χ1n) is 14.3. The Morgan fingerprint density at radius 3 is 2.07 bits per heavy atom. The van der Waals surface area contributed by atoms with Gasteiger partial charge in [-0.15, -0.1) is 0 Å². The van der Waals surface area contributed by atoms with E-state index in [9.17, 15) is 18.0 Å². The molecule has 1 atom stereocenters. The molecule has 0 fully saturated rings. The van der Waals surface area contributed by atoms with Gasteiger partial charge in [-0.3, -0.25) is 9.59 Å². The van der Waals surface area contributed by atoms with Gasteiger partial charge in [0.25, 0.3) is 0 Å². The van der Waals surface area contributed by atoms with Crippen molar-refractivity contribution >= 4 is 33.4 Å². The number of amides is 2. The molecule has 0 bridgehead atoms. The van der Waals surface area contributed by atoms with E-state index in [0.29, 0.717) is 17.0 Å². The van der Waals surface area contributed by atoms with E-state index in [4.69, 9.17) is 16.3 Å². The van der Waals surface area contributed by atoms with E-state index in [1.165, 1.54) is 12.1 Å². The first-order valence-corrected chi connectivity index (χ1v) is 16.1. The van der Waals surface area contributed by atoms with Gasteiger partial charge in [0.05, 0.1) is 12.0 Å². The second-order valence-corrected chi connectivity index (χ2v) is 12.4. The Balaban J connectivity index is 1.59. The van der Waals surface area contributed by atoms with Crippen molar-refractivity contribution in [3.05, 3.63) is 130 Å². The largest absolute Gasteiger partial charge is 0.497 e. The SMILES string of the molecule is CCNS(=O)(=O)c1ccc(CCC(=O)N(Cc2ccc(Cl)cc2)[C@@H](C(=O)NCc2ccc(OC)cc2)c2ccccc2)cc1. The van der Waals surface area contributed by atoms with Crippen molar-refractivity contribution in [2.24, 2.45) is 0 Å². The molecule has 0 saturated heterocycles. The molecule has 0 saturated carbocycles. The molecular formula is C34H36ClN3O5S. The van der Waals surface area contributed by atoms with Crippen LogP contribution in [0.1, 0.15) is 41.6 Å². The van der Waals surface area contributed by atoms with E-state index >= 15 is 0 Å². The fourth-order valence-corrected chi connectivity index (χ4v) is 5.92. The van der Waals surface area contributed by atoms with Crippen molar-refractivity contribution in [1.29, 1.82) is 0 Å². The third-order valence-corrected chi connectivity index (χ3v) is 8.90. The maximum atomic E-state index is 14.0. The standard InChI is InChI=1S/C34H36ClN3O5S/c1-3-37-44(41,42)31-20-13-25(14-21-31)15-22-32(39)38(24-27-9-16-29(35)17-10-27)33(28-7-5-4-6-8-28)34(40)36-23-26-11-18-30(43-2)19-12-26/h4-14,16-21,33,37H,3,15,22-24H2,1-2H3,(H,36,40)/t33-/m1/s1. The fourth-order valence-electron chi connectivity index (χ4n) is 4.75. The van der Waals surface area contributed by atoms with Crippen LogP contribution in [0.2, 0.25) is 5.02 Å². The Hall–Kier alpha value is -4.18. The summed E-state index contributed by atoms with van der Waals surface area (Å²) in [7, 11) is -1.98. The lowest BCUT2D eigenvalue weighted by Crippen LogP contribution is -2.43. The molecule has 0 heterocycles. The van der Waals surface area contributed by atoms with Crippen LogP contribution in [0.5, 0.6) is 5.75 Å². The Labute approximate surface area is 264 Å². The highest BCUT2D eigenvalue weighted by Gasteiger charge is 2.31. The van der Waals surface area contributed by atoms with Gasteiger partial charge >= 0.3 is 0 Å². The van der Waals surface area contributed by atoms with Gasteiger partial charge in [0.1, 0.15) is 11.8 Å². The number of ether oxygens (including phenoxy) is 1. The van der Waals surface area contributed by atoms with Gasteiger partial charge in [-0.1, -0.05) is 85.3 Å². The van der Waals surface area contributed by atoms with Crippen LogP contribution in [0.15, 0.2) is 108 Å². The number of hydrogen-bond acceptors (Lipinski definition) is 5. The van der Waals surface area contributed by atoms with Crippen molar-refractivity contribution in [3.63, 3.8) is 0 Å². The number of benzene rings is 4. The van der Waals surface area contributed by atoms with Gasteiger partial charge in [-0.25, -0.2) is 13.1 Å². The summed E-state index contributed by atoms with van der Waals surface area (Å²) in [6.07, 6.45) is 0.481. The summed E-state index contributed by atoms with van der Waals surface area (Å²) in [5.41, 5.74) is 3.20. The number of rotatable bonds is 14. The summed E-state index contributed by atoms with van der Waals surface area (Å²) < 4.78 is 32.3. The van der Waals surface area contributed by atoms with E-state index in [1.807, 2.05) is 66.7 Å². The molecule has 230 valence electrons. The molecular weight excluding hydrogens is 598 g/mol. The first kappa shape index (κ1) is 32.7. The molecule has 4 aromatic rings. The normalized spacial score (nSPS) is 11.9. The van der Waals surface area contributed by atoms with Gasteiger partial charge in [0.2, 0.25) is 21.8 Å². The van der Waals surface area contributed by atoms with Crippen LogP contribution < -0.4 is 14.8 Å². The number of sulfonamides is 1. The minimum absolute atomic E-state index is 0.113. The second-order valence-electron chi connectivity index (χ2n) is 10.2. The summed E-state index contributed by atoms with van der Waals surface area (Å²) in [6.45, 7) is 2.47. The average molecular weight is 634 g/mol.